The monoisotopic (exact) mass is 913 g/mol. The molecule has 2 radical (unpaired) electrons. The van der Waals surface area contributed by atoms with Crippen LogP contribution in [0.5, 0.6) is 0 Å². The van der Waals surface area contributed by atoms with E-state index < -0.39 is 0 Å². The average Bonchev–Trinajstić information content (AvgIpc) is 2.84. The molecule has 0 bridgehead atoms. The summed E-state index contributed by atoms with van der Waals surface area (Å²) in [5, 5.41) is 0. The maximum atomic E-state index is 4.83. The molecule has 0 saturated heterocycles. The Morgan fingerprint density at radius 2 is 0.529 bits per heavy atom. The Morgan fingerprint density at radius 3 is 0.647 bits per heavy atom. The third-order valence-electron chi connectivity index (χ3n) is 3.48. The van der Waals surface area contributed by atoms with Gasteiger partial charge in [0.2, 0.25) is 0 Å². The maximum absolute atomic E-state index is 4.83. The molecule has 0 unspecified atom stereocenters. The largest absolute Gasteiger partial charge is 2.00 e. The first-order valence-corrected chi connectivity index (χ1v) is 12.4. The van der Waals surface area contributed by atoms with Crippen molar-refractivity contribution in [3.63, 3.8) is 0 Å². The van der Waals surface area contributed by atoms with Gasteiger partial charge in [-0.3, -0.25) is 15.0 Å². The molecule has 0 N–H and O–H groups in total. The molecule has 0 saturated carbocycles. The van der Waals surface area contributed by atoms with E-state index in [0.29, 0.717) is 34.5 Å². The SMILES string of the molecule is [O-2].[O-2].[Re].[Re].[S-]Cc1cccc(C[S-])n1.[S-]Cc1cccc(C[S-])n1.[S-]Cc1cccc(C[S-])n1. The van der Waals surface area contributed by atoms with E-state index in [2.05, 4.69) is 15.0 Å². The number of hydrogen-bond acceptors (Lipinski definition) is 9. The van der Waals surface area contributed by atoms with Crippen LogP contribution in [-0.4, -0.2) is 15.0 Å². The summed E-state index contributed by atoms with van der Waals surface area (Å²) in [5.41, 5.74) is 5.65. The Morgan fingerprint density at radius 1 is 0.382 bits per heavy atom. The molecule has 192 valence electrons. The molecule has 5 nitrogen and oxygen atoms in total. The predicted molar refractivity (Wildman–Crippen MR) is 140 cm³/mol. The zero-order valence-corrected chi connectivity index (χ0v) is 28.1. The number of pyridine rings is 3. The summed E-state index contributed by atoms with van der Waals surface area (Å²) in [6.45, 7) is 0. The van der Waals surface area contributed by atoms with Gasteiger partial charge in [0.15, 0.2) is 0 Å². The number of rotatable bonds is 6. The quantitative estimate of drug-likeness (QED) is 0.346. The number of nitrogens with zero attached hydrogens (tertiary/aromatic N) is 3. The predicted octanol–water partition coefficient (Wildman–Crippen LogP) is 3.28. The molecule has 3 heterocycles. The second kappa shape index (κ2) is 26.8. The van der Waals surface area contributed by atoms with Crippen LogP contribution in [0.25, 0.3) is 0 Å². The minimum atomic E-state index is 0. The van der Waals surface area contributed by atoms with Crippen molar-refractivity contribution in [2.24, 2.45) is 0 Å². The van der Waals surface area contributed by atoms with Crippen molar-refractivity contribution in [1.82, 2.24) is 15.0 Å². The Kier molecular flexibility index (Phi) is 33.1. The topological polar surface area (TPSA) is 95.7 Å². The van der Waals surface area contributed by atoms with Crippen LogP contribution >= 0.6 is 0 Å². The molecule has 0 aliphatic rings. The third kappa shape index (κ3) is 18.1. The van der Waals surface area contributed by atoms with E-state index in [1.807, 2.05) is 54.6 Å². The molecule has 34 heavy (non-hydrogen) atoms. The van der Waals surface area contributed by atoms with Gasteiger partial charge in [0.25, 0.3) is 0 Å². The molecule has 0 fully saturated rings. The summed E-state index contributed by atoms with van der Waals surface area (Å²) in [7, 11) is 0. The summed E-state index contributed by atoms with van der Waals surface area (Å²) < 4.78 is 0. The van der Waals surface area contributed by atoms with Gasteiger partial charge in [-0.25, -0.2) is 0 Å². The van der Waals surface area contributed by atoms with Crippen molar-refractivity contribution >= 4 is 75.8 Å². The maximum Gasteiger partial charge on any atom is 0.0168 e. The smallest absolute Gasteiger partial charge is 0.0168 e. The van der Waals surface area contributed by atoms with Gasteiger partial charge in [0.05, 0.1) is 0 Å². The van der Waals surface area contributed by atoms with Crippen LogP contribution in [0, 0.1) is 0 Å². The zero-order valence-electron chi connectivity index (χ0n) is 17.8. The molecule has 3 aromatic heterocycles. The van der Waals surface area contributed by atoms with Crippen molar-refractivity contribution in [1.29, 1.82) is 0 Å². The van der Waals surface area contributed by atoms with Gasteiger partial charge >= 0.3 is 0 Å². The summed E-state index contributed by atoms with van der Waals surface area (Å²) in [6.07, 6.45) is 0. The van der Waals surface area contributed by atoms with E-state index in [0.717, 1.165) is 34.2 Å². The van der Waals surface area contributed by atoms with Gasteiger partial charge in [-0.2, -0.15) is 0 Å². The van der Waals surface area contributed by atoms with E-state index in [1.54, 1.807) is 0 Å². The molecular formula is C21H21N3O2Re2S6-10. The van der Waals surface area contributed by atoms with Gasteiger partial charge in [-0.15, -0.1) is 34.5 Å². The second-order valence-electron chi connectivity index (χ2n) is 5.73. The Balaban J connectivity index is -0.000000187. The summed E-state index contributed by atoms with van der Waals surface area (Å²) in [4.78, 5) is 12.6. The summed E-state index contributed by atoms with van der Waals surface area (Å²) in [5.74, 6) is 3.44. The van der Waals surface area contributed by atoms with Crippen LogP contribution < -0.4 is 0 Å². The Labute approximate surface area is 263 Å². The minimum Gasteiger partial charge on any atom is -2.00 e. The van der Waals surface area contributed by atoms with E-state index >= 15 is 0 Å². The van der Waals surface area contributed by atoms with Gasteiger partial charge < -0.3 is 86.7 Å². The fraction of sp³-hybridized carbons (Fsp3) is 0.286. The number of hydrogen-bond donors (Lipinski definition) is 0. The first-order chi connectivity index (χ1) is 14.6. The zero-order chi connectivity index (χ0) is 22.2. The van der Waals surface area contributed by atoms with E-state index in [9.17, 15) is 0 Å². The van der Waals surface area contributed by atoms with Gasteiger partial charge in [0, 0.05) is 75.0 Å². The molecule has 0 spiro atoms. The molecule has 0 aromatic carbocycles. The average molecular weight is 912 g/mol. The van der Waals surface area contributed by atoms with Crippen LogP contribution in [0.3, 0.4) is 0 Å². The van der Waals surface area contributed by atoms with E-state index in [4.69, 9.17) is 75.8 Å². The Bertz CT molecular complexity index is 714. The third-order valence-corrected chi connectivity index (χ3v) is 5.26. The van der Waals surface area contributed by atoms with Crippen molar-refractivity contribution in [3.05, 3.63) is 88.8 Å². The molecule has 0 amide bonds. The van der Waals surface area contributed by atoms with Gasteiger partial charge in [0.1, 0.15) is 0 Å². The van der Waals surface area contributed by atoms with Gasteiger partial charge in [-0.05, 0) is 36.4 Å². The molecule has 0 atom stereocenters. The normalized spacial score (nSPS) is 8.65. The fourth-order valence-electron chi connectivity index (χ4n) is 2.07. The van der Waals surface area contributed by atoms with Crippen molar-refractivity contribution in [2.75, 3.05) is 0 Å². The molecular weight excluding hydrogens is 891 g/mol. The molecule has 3 aromatic rings. The number of aromatic nitrogens is 3. The first kappa shape index (κ1) is 41.9. The second-order valence-corrected chi connectivity index (χ2v) is 7.46. The minimum absolute atomic E-state index is 0. The first-order valence-electron chi connectivity index (χ1n) is 8.93. The standard InChI is InChI=1S/3C7H9NS2.2O.2Re/c3*9-4-6-2-1-3-7(5-10)8-6;;;;/h3*1-3,9-10H,4-5H2;;;;/q;;;2*-2;;/p-6. The van der Waals surface area contributed by atoms with Crippen molar-refractivity contribution < 1.29 is 51.8 Å². The van der Waals surface area contributed by atoms with Crippen LogP contribution in [0.1, 0.15) is 34.2 Å². The molecule has 3 rings (SSSR count). The summed E-state index contributed by atoms with van der Waals surface area (Å²) >= 11 is 29.0. The van der Waals surface area contributed by atoms with E-state index in [1.165, 1.54) is 0 Å². The van der Waals surface area contributed by atoms with Crippen LogP contribution in [-0.2, 0) is 162 Å². The van der Waals surface area contributed by atoms with Crippen LogP contribution in [0.2, 0.25) is 0 Å². The van der Waals surface area contributed by atoms with E-state index in [-0.39, 0.29) is 51.8 Å². The summed E-state index contributed by atoms with van der Waals surface area (Å²) in [6, 6.07) is 17.3. The van der Waals surface area contributed by atoms with Crippen LogP contribution in [0.4, 0.5) is 0 Å². The molecule has 0 aliphatic carbocycles. The Hall–Kier alpha value is 0.795. The molecule has 0 aliphatic heterocycles. The van der Waals surface area contributed by atoms with Crippen LogP contribution in [0.15, 0.2) is 54.6 Å². The van der Waals surface area contributed by atoms with Crippen molar-refractivity contribution in [3.8, 4) is 0 Å². The fourth-order valence-corrected chi connectivity index (χ4v) is 3.03. The van der Waals surface area contributed by atoms with Crippen molar-refractivity contribution in [2.45, 2.75) is 34.5 Å². The van der Waals surface area contributed by atoms with Gasteiger partial charge in [-0.1, -0.05) is 18.2 Å². The molecule has 13 heteroatoms.